The van der Waals surface area contributed by atoms with Crippen LogP contribution in [-0.2, 0) is 0 Å². The molecule has 2 nitrogen and oxygen atoms in total. The zero-order chi connectivity index (χ0) is 12.2. The second-order valence-electron chi connectivity index (χ2n) is 2.79. The van der Waals surface area contributed by atoms with Crippen LogP contribution in [0.25, 0.3) is 0 Å². The predicted molar refractivity (Wildman–Crippen MR) is 69.4 cm³/mol. The van der Waals surface area contributed by atoms with E-state index < -0.39 is 0 Å². The molecule has 0 saturated carbocycles. The fourth-order valence-electron chi connectivity index (χ4n) is 0.966. The minimum absolute atomic E-state index is 0.814. The second-order valence-corrected chi connectivity index (χ2v) is 2.79. The summed E-state index contributed by atoms with van der Waals surface area (Å²) in [5, 5.41) is 0. The van der Waals surface area contributed by atoms with Gasteiger partial charge in [-0.05, 0) is 37.6 Å². The van der Waals surface area contributed by atoms with Crippen molar-refractivity contribution >= 4 is 0 Å². The first-order chi connectivity index (χ1) is 7.86. The van der Waals surface area contributed by atoms with Crippen molar-refractivity contribution in [1.82, 2.24) is 4.98 Å². The molecular formula is C14H21NO. The van der Waals surface area contributed by atoms with E-state index in [9.17, 15) is 0 Å². The number of hydrogen-bond donors (Lipinski definition) is 0. The minimum atomic E-state index is 0.814. The largest absolute Gasteiger partial charge is 0.458 e. The van der Waals surface area contributed by atoms with Gasteiger partial charge in [0.15, 0.2) is 0 Å². The van der Waals surface area contributed by atoms with E-state index in [0.717, 1.165) is 17.9 Å². The fraction of sp³-hybridized carbons (Fsp3) is 0.357. The summed E-state index contributed by atoms with van der Waals surface area (Å²) in [5.41, 5.74) is 0. The molecule has 0 aliphatic heterocycles. The molecule has 0 aliphatic carbocycles. The number of rotatable bonds is 4. The van der Waals surface area contributed by atoms with Crippen LogP contribution in [0.15, 0.2) is 48.5 Å². The lowest BCUT2D eigenvalue weighted by molar-refractivity contribution is 0.442. The van der Waals surface area contributed by atoms with Crippen LogP contribution in [-0.4, -0.2) is 4.98 Å². The Morgan fingerprint density at radius 3 is 2.44 bits per heavy atom. The van der Waals surface area contributed by atoms with Gasteiger partial charge in [0.05, 0.1) is 0 Å². The van der Waals surface area contributed by atoms with Gasteiger partial charge in [0.2, 0.25) is 0 Å². The number of aromatic nitrogens is 1. The first-order valence-electron chi connectivity index (χ1n) is 5.77. The van der Waals surface area contributed by atoms with E-state index in [-0.39, 0.29) is 0 Å². The van der Waals surface area contributed by atoms with Crippen molar-refractivity contribution in [3.63, 3.8) is 0 Å². The van der Waals surface area contributed by atoms with Crippen LogP contribution in [0.4, 0.5) is 0 Å². The van der Waals surface area contributed by atoms with Gasteiger partial charge in [-0.25, -0.2) is 0 Å². The zero-order valence-corrected chi connectivity index (χ0v) is 10.6. The molecule has 2 heteroatoms. The number of ether oxygens (including phenoxy) is 1. The summed E-state index contributed by atoms with van der Waals surface area (Å²) in [6.07, 6.45) is 10.4. The van der Waals surface area contributed by atoms with Crippen LogP contribution in [0, 0.1) is 0 Å². The van der Waals surface area contributed by atoms with Crippen LogP contribution >= 0.6 is 0 Å². The SMILES string of the molecule is C/C=C(\C=C/CC)Oc1ccncc1.CC. The summed E-state index contributed by atoms with van der Waals surface area (Å²) in [6.45, 7) is 8.05. The van der Waals surface area contributed by atoms with Gasteiger partial charge in [-0.1, -0.05) is 26.8 Å². The molecule has 0 saturated heterocycles. The molecule has 0 atom stereocenters. The number of nitrogens with zero attached hydrogens (tertiary/aromatic N) is 1. The first-order valence-corrected chi connectivity index (χ1v) is 5.77. The topological polar surface area (TPSA) is 22.1 Å². The Bertz CT molecular complexity index is 315. The van der Waals surface area contributed by atoms with Crippen molar-refractivity contribution < 1.29 is 4.74 Å². The lowest BCUT2D eigenvalue weighted by atomic mass is 10.3. The third-order valence-electron chi connectivity index (χ3n) is 1.69. The van der Waals surface area contributed by atoms with E-state index >= 15 is 0 Å². The molecule has 0 radical (unpaired) electrons. The molecule has 0 aromatic carbocycles. The molecule has 1 aromatic rings. The van der Waals surface area contributed by atoms with Gasteiger partial charge in [-0.3, -0.25) is 4.98 Å². The third-order valence-corrected chi connectivity index (χ3v) is 1.69. The highest BCUT2D eigenvalue weighted by molar-refractivity contribution is 5.23. The maximum absolute atomic E-state index is 5.60. The maximum Gasteiger partial charge on any atom is 0.130 e. The van der Waals surface area contributed by atoms with Gasteiger partial charge in [0, 0.05) is 12.4 Å². The molecule has 0 aliphatic rings. The van der Waals surface area contributed by atoms with E-state index in [4.69, 9.17) is 4.74 Å². The van der Waals surface area contributed by atoms with Gasteiger partial charge in [0.1, 0.15) is 11.5 Å². The van der Waals surface area contributed by atoms with Gasteiger partial charge in [0.25, 0.3) is 0 Å². The Balaban J connectivity index is 0.00000106. The molecule has 0 fully saturated rings. The molecular weight excluding hydrogens is 198 g/mol. The van der Waals surface area contributed by atoms with Crippen molar-refractivity contribution in [2.75, 3.05) is 0 Å². The molecule has 16 heavy (non-hydrogen) atoms. The van der Waals surface area contributed by atoms with E-state index in [0.29, 0.717) is 0 Å². The predicted octanol–water partition coefficient (Wildman–Crippen LogP) is 4.36. The van der Waals surface area contributed by atoms with Crippen molar-refractivity contribution in [3.05, 3.63) is 48.5 Å². The van der Waals surface area contributed by atoms with Crippen LogP contribution in [0.1, 0.15) is 34.1 Å². The molecule has 0 bridgehead atoms. The van der Waals surface area contributed by atoms with E-state index in [1.807, 2.05) is 45.1 Å². The van der Waals surface area contributed by atoms with Crippen molar-refractivity contribution in [3.8, 4) is 5.75 Å². The molecule has 0 amide bonds. The Morgan fingerprint density at radius 2 is 1.94 bits per heavy atom. The van der Waals surface area contributed by atoms with E-state index in [2.05, 4.69) is 18.0 Å². The average Bonchev–Trinajstić information content (AvgIpc) is 2.38. The van der Waals surface area contributed by atoms with E-state index in [1.54, 1.807) is 12.4 Å². The fourth-order valence-corrected chi connectivity index (χ4v) is 0.966. The second kappa shape index (κ2) is 9.97. The summed E-state index contributed by atoms with van der Waals surface area (Å²) in [5.74, 6) is 1.67. The highest BCUT2D eigenvalue weighted by Crippen LogP contribution is 2.12. The van der Waals surface area contributed by atoms with Crippen LogP contribution in [0.2, 0.25) is 0 Å². The monoisotopic (exact) mass is 219 g/mol. The lowest BCUT2D eigenvalue weighted by Gasteiger charge is -2.04. The number of pyridine rings is 1. The minimum Gasteiger partial charge on any atom is -0.458 e. The van der Waals surface area contributed by atoms with Gasteiger partial charge >= 0.3 is 0 Å². The van der Waals surface area contributed by atoms with Crippen LogP contribution in [0.5, 0.6) is 5.75 Å². The number of hydrogen-bond acceptors (Lipinski definition) is 2. The van der Waals surface area contributed by atoms with Gasteiger partial charge < -0.3 is 4.74 Å². The Hall–Kier alpha value is -1.57. The molecule has 1 aromatic heterocycles. The molecule has 1 rings (SSSR count). The summed E-state index contributed by atoms with van der Waals surface area (Å²) in [6, 6.07) is 3.67. The smallest absolute Gasteiger partial charge is 0.130 e. The summed E-state index contributed by atoms with van der Waals surface area (Å²) in [4.78, 5) is 3.92. The third kappa shape index (κ3) is 6.02. The molecule has 0 N–H and O–H groups in total. The summed E-state index contributed by atoms with van der Waals surface area (Å²) >= 11 is 0. The van der Waals surface area contributed by atoms with Crippen LogP contribution in [0.3, 0.4) is 0 Å². The molecule has 0 spiro atoms. The quantitative estimate of drug-likeness (QED) is 0.554. The highest BCUT2D eigenvalue weighted by Gasteiger charge is 1.93. The van der Waals surface area contributed by atoms with Crippen LogP contribution < -0.4 is 4.74 Å². The number of allylic oxidation sites excluding steroid dienone is 3. The van der Waals surface area contributed by atoms with Crippen molar-refractivity contribution in [2.45, 2.75) is 34.1 Å². The van der Waals surface area contributed by atoms with Crippen molar-refractivity contribution in [2.24, 2.45) is 0 Å². The molecule has 0 unspecified atom stereocenters. The van der Waals surface area contributed by atoms with Gasteiger partial charge in [-0.15, -0.1) is 0 Å². The average molecular weight is 219 g/mol. The normalized spacial score (nSPS) is 10.9. The zero-order valence-electron chi connectivity index (χ0n) is 10.6. The Kier molecular flexibility index (Phi) is 8.99. The van der Waals surface area contributed by atoms with Crippen molar-refractivity contribution in [1.29, 1.82) is 0 Å². The van der Waals surface area contributed by atoms with Gasteiger partial charge in [-0.2, -0.15) is 0 Å². The first kappa shape index (κ1) is 14.4. The Morgan fingerprint density at radius 1 is 1.31 bits per heavy atom. The van der Waals surface area contributed by atoms with E-state index in [1.165, 1.54) is 0 Å². The standard InChI is InChI=1S/C12H15NO.C2H6/c1-3-5-6-11(4-2)14-12-7-9-13-10-8-12;1-2/h4-10H,3H2,1-2H3;1-2H3/b6-5-,11-4+;. The summed E-state index contributed by atoms with van der Waals surface area (Å²) in [7, 11) is 0. The molecule has 1 heterocycles. The maximum atomic E-state index is 5.60. The summed E-state index contributed by atoms with van der Waals surface area (Å²) < 4.78 is 5.60. The Labute approximate surface area is 98.7 Å². The molecule has 88 valence electrons. The highest BCUT2D eigenvalue weighted by atomic mass is 16.5. The lowest BCUT2D eigenvalue weighted by Crippen LogP contribution is -1.91.